The molecule has 25 heavy (non-hydrogen) atoms. The van der Waals surface area contributed by atoms with Gasteiger partial charge < -0.3 is 19.6 Å². The monoisotopic (exact) mass is 405 g/mol. The molecule has 1 atom stereocenters. The number of halogens is 1. The Kier molecular flexibility index (Phi) is 4.89. The largest absolute Gasteiger partial charge is 0.449 e. The van der Waals surface area contributed by atoms with Crippen molar-refractivity contribution < 1.29 is 18.8 Å². The number of hydrogen-bond acceptors (Lipinski definition) is 5. The van der Waals surface area contributed by atoms with E-state index < -0.39 is 18.0 Å². The van der Waals surface area contributed by atoms with E-state index in [0.717, 1.165) is 15.4 Å². The zero-order valence-electron chi connectivity index (χ0n) is 13.6. The number of ether oxygens (including phenoxy) is 1. The molecule has 0 bridgehead atoms. The number of aromatic nitrogens is 2. The minimum Gasteiger partial charge on any atom is -0.449 e. The Balaban J connectivity index is 1.75. The van der Waals surface area contributed by atoms with Gasteiger partial charge in [-0.15, -0.1) is 0 Å². The number of benzene rings is 1. The summed E-state index contributed by atoms with van der Waals surface area (Å²) in [6.45, 7) is 3.48. The van der Waals surface area contributed by atoms with E-state index in [-0.39, 0.29) is 5.82 Å². The molecule has 1 aromatic carbocycles. The summed E-state index contributed by atoms with van der Waals surface area (Å²) in [5.74, 6) is -0.161. The average molecular weight is 406 g/mol. The summed E-state index contributed by atoms with van der Waals surface area (Å²) in [5.41, 5.74) is 1.19. The summed E-state index contributed by atoms with van der Waals surface area (Å²) < 4.78 is 11.1. The smallest absolute Gasteiger partial charge is 0.341 e. The molecule has 3 aromatic rings. The molecule has 0 radical (unpaired) electrons. The molecule has 8 heteroatoms. The van der Waals surface area contributed by atoms with Crippen LogP contribution in [0.25, 0.3) is 10.9 Å². The highest BCUT2D eigenvalue weighted by atomic mass is 79.9. The van der Waals surface area contributed by atoms with Gasteiger partial charge in [0.1, 0.15) is 5.76 Å². The first-order valence-electron chi connectivity index (χ1n) is 7.69. The van der Waals surface area contributed by atoms with E-state index in [9.17, 15) is 9.59 Å². The van der Waals surface area contributed by atoms with Gasteiger partial charge in [-0.25, -0.2) is 4.79 Å². The van der Waals surface area contributed by atoms with Crippen LogP contribution in [0.15, 0.2) is 39.5 Å². The highest BCUT2D eigenvalue weighted by molar-refractivity contribution is 9.10. The van der Waals surface area contributed by atoms with Crippen LogP contribution in [0.4, 0.5) is 5.82 Å². The van der Waals surface area contributed by atoms with Gasteiger partial charge in [-0.2, -0.15) is 0 Å². The van der Waals surface area contributed by atoms with Crippen molar-refractivity contribution in [2.75, 3.05) is 5.32 Å². The summed E-state index contributed by atoms with van der Waals surface area (Å²) in [7, 11) is 0. The normalized spacial score (nSPS) is 12.1. The van der Waals surface area contributed by atoms with Gasteiger partial charge in [0.2, 0.25) is 0 Å². The number of rotatable bonds is 5. The van der Waals surface area contributed by atoms with Crippen molar-refractivity contribution in [1.82, 2.24) is 10.1 Å². The molecule has 0 aliphatic rings. The number of hydrogen-bond donors (Lipinski definition) is 2. The quantitative estimate of drug-likeness (QED) is 0.629. The van der Waals surface area contributed by atoms with Gasteiger partial charge in [-0.1, -0.05) is 28.0 Å². The minimum atomic E-state index is -0.929. The molecule has 130 valence electrons. The fourth-order valence-electron chi connectivity index (χ4n) is 2.41. The first-order chi connectivity index (χ1) is 12.0. The molecule has 3 rings (SSSR count). The number of nitrogens with zero attached hydrogens (tertiary/aromatic N) is 1. The molecule has 0 saturated heterocycles. The van der Waals surface area contributed by atoms with E-state index in [1.165, 1.54) is 0 Å². The standard InChI is InChI=1S/C17H16BrN3O4/c1-3-14(16(22)20-15-6-9(2)25-21-15)24-17(23)12-8-19-13-5-4-10(18)7-11(12)13/h4-8,14,19H,3H2,1-2H3,(H,20,21,22)/t14-/m0/s1. The van der Waals surface area contributed by atoms with Crippen molar-refractivity contribution in [1.29, 1.82) is 0 Å². The maximum Gasteiger partial charge on any atom is 0.341 e. The van der Waals surface area contributed by atoms with Gasteiger partial charge in [-0.05, 0) is 31.5 Å². The van der Waals surface area contributed by atoms with Crippen molar-refractivity contribution in [2.24, 2.45) is 0 Å². The molecule has 2 heterocycles. The van der Waals surface area contributed by atoms with Crippen LogP contribution in [0.3, 0.4) is 0 Å². The molecule has 0 aliphatic heterocycles. The molecule has 0 spiro atoms. The number of anilines is 1. The number of nitrogens with one attached hydrogen (secondary N) is 2. The van der Waals surface area contributed by atoms with Crippen LogP contribution < -0.4 is 5.32 Å². The molecule has 0 saturated carbocycles. The van der Waals surface area contributed by atoms with Crippen LogP contribution in [0.2, 0.25) is 0 Å². The predicted molar refractivity (Wildman–Crippen MR) is 95.4 cm³/mol. The lowest BCUT2D eigenvalue weighted by Gasteiger charge is -2.14. The van der Waals surface area contributed by atoms with E-state index in [1.54, 1.807) is 26.1 Å². The van der Waals surface area contributed by atoms with Gasteiger partial charge in [-0.3, -0.25) is 4.79 Å². The van der Waals surface area contributed by atoms with Gasteiger partial charge in [0.15, 0.2) is 11.9 Å². The molecular weight excluding hydrogens is 390 g/mol. The topological polar surface area (TPSA) is 97.2 Å². The van der Waals surface area contributed by atoms with Gasteiger partial charge in [0.25, 0.3) is 5.91 Å². The third kappa shape index (κ3) is 3.74. The minimum absolute atomic E-state index is 0.285. The highest BCUT2D eigenvalue weighted by Gasteiger charge is 2.24. The number of carbonyl (C=O) groups is 2. The number of H-pyrrole nitrogens is 1. The van der Waals surface area contributed by atoms with Gasteiger partial charge in [0, 0.05) is 27.6 Å². The fourth-order valence-corrected chi connectivity index (χ4v) is 2.77. The maximum absolute atomic E-state index is 12.5. The first kappa shape index (κ1) is 17.2. The lowest BCUT2D eigenvalue weighted by atomic mass is 10.2. The summed E-state index contributed by atoms with van der Waals surface area (Å²) in [5, 5.41) is 6.99. The van der Waals surface area contributed by atoms with Crippen LogP contribution in [0.5, 0.6) is 0 Å². The zero-order valence-corrected chi connectivity index (χ0v) is 15.2. The molecular formula is C17H16BrN3O4. The number of aryl methyl sites for hydroxylation is 1. The van der Waals surface area contributed by atoms with Crippen LogP contribution in [0.1, 0.15) is 29.5 Å². The van der Waals surface area contributed by atoms with Gasteiger partial charge >= 0.3 is 5.97 Å². The van der Waals surface area contributed by atoms with E-state index in [0.29, 0.717) is 17.7 Å². The molecule has 0 aliphatic carbocycles. The van der Waals surface area contributed by atoms with Crippen molar-refractivity contribution in [2.45, 2.75) is 26.4 Å². The summed E-state index contributed by atoms with van der Waals surface area (Å²) in [4.78, 5) is 27.8. The second-order valence-electron chi connectivity index (χ2n) is 5.51. The van der Waals surface area contributed by atoms with E-state index in [2.05, 4.69) is 31.4 Å². The third-order valence-corrected chi connectivity index (χ3v) is 4.15. The van der Waals surface area contributed by atoms with Crippen molar-refractivity contribution in [3.63, 3.8) is 0 Å². The highest BCUT2D eigenvalue weighted by Crippen LogP contribution is 2.24. The molecule has 0 unspecified atom stereocenters. The Labute approximate surface area is 151 Å². The van der Waals surface area contributed by atoms with E-state index in [4.69, 9.17) is 9.26 Å². The van der Waals surface area contributed by atoms with Crippen LogP contribution >= 0.6 is 15.9 Å². The Hall–Kier alpha value is -2.61. The number of esters is 1. The van der Waals surface area contributed by atoms with Crippen molar-refractivity contribution in [3.8, 4) is 0 Å². The SMILES string of the molecule is CC[C@H](OC(=O)c1c[nH]c2ccc(Br)cc12)C(=O)Nc1cc(C)on1. The van der Waals surface area contributed by atoms with E-state index in [1.807, 2.05) is 18.2 Å². The molecule has 1 amide bonds. The summed E-state index contributed by atoms with van der Waals surface area (Å²) >= 11 is 3.38. The van der Waals surface area contributed by atoms with Crippen LogP contribution in [0, 0.1) is 6.92 Å². The number of fused-ring (bicyclic) bond motifs is 1. The second-order valence-corrected chi connectivity index (χ2v) is 6.42. The number of carbonyl (C=O) groups excluding carboxylic acids is 2. The molecule has 2 N–H and O–H groups in total. The number of amides is 1. The third-order valence-electron chi connectivity index (χ3n) is 3.66. The Morgan fingerprint density at radius 1 is 1.40 bits per heavy atom. The molecule has 2 aromatic heterocycles. The Bertz CT molecular complexity index is 931. The number of aromatic amines is 1. The van der Waals surface area contributed by atoms with Crippen molar-refractivity contribution in [3.05, 3.63) is 46.3 Å². The average Bonchev–Trinajstić information content (AvgIpc) is 3.18. The molecule has 7 nitrogen and oxygen atoms in total. The van der Waals surface area contributed by atoms with Crippen molar-refractivity contribution >= 4 is 44.5 Å². The Morgan fingerprint density at radius 2 is 2.20 bits per heavy atom. The van der Waals surface area contributed by atoms with Crippen LogP contribution in [-0.4, -0.2) is 28.1 Å². The second kappa shape index (κ2) is 7.10. The lowest BCUT2D eigenvalue weighted by molar-refractivity contribution is -0.124. The Morgan fingerprint density at radius 3 is 2.88 bits per heavy atom. The van der Waals surface area contributed by atoms with Gasteiger partial charge in [0.05, 0.1) is 5.56 Å². The summed E-state index contributed by atoms with van der Waals surface area (Å²) in [6, 6.07) is 7.13. The summed E-state index contributed by atoms with van der Waals surface area (Å²) in [6.07, 6.45) is 0.979. The van der Waals surface area contributed by atoms with Crippen LogP contribution in [-0.2, 0) is 9.53 Å². The van der Waals surface area contributed by atoms with E-state index >= 15 is 0 Å². The zero-order chi connectivity index (χ0) is 18.0. The first-order valence-corrected chi connectivity index (χ1v) is 8.49. The maximum atomic E-state index is 12.5. The lowest BCUT2D eigenvalue weighted by Crippen LogP contribution is -2.32. The predicted octanol–water partition coefficient (Wildman–Crippen LogP) is 3.80. The molecule has 0 fully saturated rings. The fraction of sp³-hybridized carbons (Fsp3) is 0.235.